The first kappa shape index (κ1) is 12.6. The Labute approximate surface area is 103 Å². The molecule has 2 rings (SSSR count). The van der Waals surface area contributed by atoms with Crippen molar-refractivity contribution in [2.75, 3.05) is 7.05 Å². The van der Waals surface area contributed by atoms with Gasteiger partial charge in [0.05, 0.1) is 11.8 Å². The van der Waals surface area contributed by atoms with E-state index in [0.29, 0.717) is 6.04 Å². The van der Waals surface area contributed by atoms with Gasteiger partial charge in [-0.05, 0) is 45.2 Å². The molecule has 0 radical (unpaired) electrons. The van der Waals surface area contributed by atoms with Gasteiger partial charge >= 0.3 is 0 Å². The van der Waals surface area contributed by atoms with E-state index in [2.05, 4.69) is 17.3 Å². The van der Waals surface area contributed by atoms with Crippen molar-refractivity contribution < 1.29 is 5.11 Å². The lowest BCUT2D eigenvalue weighted by Gasteiger charge is -2.35. The molecule has 1 aromatic rings. The van der Waals surface area contributed by atoms with E-state index in [4.69, 9.17) is 0 Å². The second-order valence-corrected chi connectivity index (χ2v) is 5.17. The Morgan fingerprint density at radius 3 is 2.76 bits per heavy atom. The third-order valence-electron chi connectivity index (χ3n) is 3.87. The maximum absolute atomic E-state index is 10.6. The summed E-state index contributed by atoms with van der Waals surface area (Å²) < 4.78 is 1.91. The van der Waals surface area contributed by atoms with Crippen molar-refractivity contribution in [1.82, 2.24) is 15.1 Å². The van der Waals surface area contributed by atoms with Crippen LogP contribution in [0, 0.1) is 0 Å². The summed E-state index contributed by atoms with van der Waals surface area (Å²) in [6, 6.07) is 0.577. The first-order valence-electron chi connectivity index (χ1n) is 6.56. The van der Waals surface area contributed by atoms with Crippen molar-refractivity contribution >= 4 is 0 Å². The van der Waals surface area contributed by atoms with E-state index in [0.717, 1.165) is 44.2 Å². The van der Waals surface area contributed by atoms with Crippen molar-refractivity contribution in [2.45, 2.75) is 57.2 Å². The molecule has 17 heavy (non-hydrogen) atoms. The lowest BCUT2D eigenvalue weighted by atomic mass is 9.79. The van der Waals surface area contributed by atoms with E-state index in [1.165, 1.54) is 0 Å². The van der Waals surface area contributed by atoms with Gasteiger partial charge in [0.15, 0.2) is 0 Å². The molecule has 1 saturated carbocycles. The van der Waals surface area contributed by atoms with E-state index in [1.54, 1.807) is 0 Å². The zero-order valence-electron chi connectivity index (χ0n) is 10.8. The van der Waals surface area contributed by atoms with Gasteiger partial charge in [0.25, 0.3) is 0 Å². The van der Waals surface area contributed by atoms with Crippen LogP contribution in [0.5, 0.6) is 0 Å². The van der Waals surface area contributed by atoms with Crippen LogP contribution in [0.4, 0.5) is 0 Å². The smallest absolute Gasteiger partial charge is 0.0690 e. The van der Waals surface area contributed by atoms with Crippen molar-refractivity contribution in [3.63, 3.8) is 0 Å². The lowest BCUT2D eigenvalue weighted by molar-refractivity contribution is -0.00244. The molecule has 0 aromatic carbocycles. The molecule has 0 atom stereocenters. The van der Waals surface area contributed by atoms with Crippen LogP contribution in [0.25, 0.3) is 0 Å². The monoisotopic (exact) mass is 237 g/mol. The van der Waals surface area contributed by atoms with Crippen molar-refractivity contribution in [3.05, 3.63) is 18.0 Å². The van der Waals surface area contributed by atoms with Crippen LogP contribution in [-0.4, -0.2) is 33.6 Å². The number of hydrogen-bond acceptors (Lipinski definition) is 3. The highest BCUT2D eigenvalue weighted by molar-refractivity contribution is 5.09. The van der Waals surface area contributed by atoms with Gasteiger partial charge < -0.3 is 10.4 Å². The Kier molecular flexibility index (Phi) is 3.84. The third kappa shape index (κ3) is 3.07. The zero-order valence-corrected chi connectivity index (χ0v) is 10.8. The van der Waals surface area contributed by atoms with Crippen molar-refractivity contribution in [3.8, 4) is 0 Å². The van der Waals surface area contributed by atoms with Gasteiger partial charge in [-0.1, -0.05) is 0 Å². The average molecular weight is 237 g/mol. The van der Waals surface area contributed by atoms with Gasteiger partial charge in [0, 0.05) is 25.2 Å². The topological polar surface area (TPSA) is 50.1 Å². The summed E-state index contributed by atoms with van der Waals surface area (Å²) in [7, 11) is 2.00. The van der Waals surface area contributed by atoms with Crippen LogP contribution in [0.3, 0.4) is 0 Å². The Morgan fingerprint density at radius 2 is 2.24 bits per heavy atom. The molecule has 0 saturated heterocycles. The van der Waals surface area contributed by atoms with Gasteiger partial charge in [-0.25, -0.2) is 0 Å². The summed E-state index contributed by atoms with van der Waals surface area (Å²) in [6.45, 7) is 2.96. The normalized spacial score (nSPS) is 29.5. The maximum Gasteiger partial charge on any atom is 0.0690 e. The lowest BCUT2D eigenvalue weighted by Crippen LogP contribution is -2.41. The highest BCUT2D eigenvalue weighted by Crippen LogP contribution is 2.31. The summed E-state index contributed by atoms with van der Waals surface area (Å²) in [5.74, 6) is 0. The molecule has 1 aliphatic rings. The van der Waals surface area contributed by atoms with Gasteiger partial charge in [-0.3, -0.25) is 4.68 Å². The molecule has 0 unspecified atom stereocenters. The molecular weight excluding hydrogens is 214 g/mol. The quantitative estimate of drug-likeness (QED) is 0.831. The van der Waals surface area contributed by atoms with Crippen molar-refractivity contribution in [1.29, 1.82) is 0 Å². The van der Waals surface area contributed by atoms with Crippen LogP contribution in [0.1, 0.15) is 38.2 Å². The highest BCUT2D eigenvalue weighted by atomic mass is 16.3. The molecule has 96 valence electrons. The predicted molar refractivity (Wildman–Crippen MR) is 67.9 cm³/mol. The Morgan fingerprint density at radius 1 is 1.53 bits per heavy atom. The Hall–Kier alpha value is -0.870. The number of rotatable bonds is 4. The second-order valence-electron chi connectivity index (χ2n) is 5.17. The first-order valence-corrected chi connectivity index (χ1v) is 6.56. The van der Waals surface area contributed by atoms with E-state index in [-0.39, 0.29) is 0 Å². The van der Waals surface area contributed by atoms with E-state index in [1.807, 2.05) is 24.1 Å². The van der Waals surface area contributed by atoms with Crippen LogP contribution < -0.4 is 5.32 Å². The van der Waals surface area contributed by atoms with Crippen LogP contribution >= 0.6 is 0 Å². The molecule has 2 N–H and O–H groups in total. The van der Waals surface area contributed by atoms with E-state index >= 15 is 0 Å². The molecule has 1 heterocycles. The molecule has 1 fully saturated rings. The van der Waals surface area contributed by atoms with Crippen LogP contribution in [0.15, 0.2) is 12.4 Å². The Balaban J connectivity index is 1.94. The number of nitrogens with one attached hydrogen (secondary N) is 1. The molecule has 0 aliphatic heterocycles. The predicted octanol–water partition coefficient (Wildman–Crippen LogP) is 1.34. The first-order chi connectivity index (χ1) is 8.15. The van der Waals surface area contributed by atoms with Crippen LogP contribution in [0.2, 0.25) is 0 Å². The third-order valence-corrected chi connectivity index (χ3v) is 3.87. The molecule has 4 heteroatoms. The fourth-order valence-electron chi connectivity index (χ4n) is 2.67. The molecular formula is C13H23N3O. The fraction of sp³-hybridized carbons (Fsp3) is 0.769. The minimum Gasteiger partial charge on any atom is -0.390 e. The second kappa shape index (κ2) is 5.19. The number of aryl methyl sites for hydroxylation is 1. The zero-order chi connectivity index (χ0) is 12.3. The summed E-state index contributed by atoms with van der Waals surface area (Å²) in [5.41, 5.74) is 0.631. The number of hydrogen-bond donors (Lipinski definition) is 2. The van der Waals surface area contributed by atoms with E-state index < -0.39 is 5.60 Å². The summed E-state index contributed by atoms with van der Waals surface area (Å²) in [6.07, 6.45) is 8.56. The average Bonchev–Trinajstić information content (AvgIpc) is 2.77. The van der Waals surface area contributed by atoms with E-state index in [9.17, 15) is 5.11 Å². The fourth-order valence-corrected chi connectivity index (χ4v) is 2.67. The van der Waals surface area contributed by atoms with Gasteiger partial charge in [0.2, 0.25) is 0 Å². The number of aliphatic hydroxyl groups is 1. The molecule has 1 aliphatic carbocycles. The number of aromatic nitrogens is 2. The largest absolute Gasteiger partial charge is 0.390 e. The minimum atomic E-state index is -0.519. The Bertz CT molecular complexity index is 353. The SMILES string of the molecule is CCn1cc(CC2(O)CCC(NC)CC2)cn1. The van der Waals surface area contributed by atoms with Gasteiger partial charge in [-0.2, -0.15) is 5.10 Å². The van der Waals surface area contributed by atoms with Crippen molar-refractivity contribution in [2.24, 2.45) is 0 Å². The van der Waals surface area contributed by atoms with Gasteiger partial charge in [-0.15, -0.1) is 0 Å². The minimum absolute atomic E-state index is 0.519. The molecule has 0 spiro atoms. The van der Waals surface area contributed by atoms with Crippen LogP contribution in [-0.2, 0) is 13.0 Å². The molecule has 4 nitrogen and oxygen atoms in total. The highest BCUT2D eigenvalue weighted by Gasteiger charge is 2.33. The molecule has 1 aromatic heterocycles. The number of nitrogens with zero attached hydrogens (tertiary/aromatic N) is 2. The standard InChI is InChI=1S/C13H23N3O/c1-3-16-10-11(9-15-16)8-13(17)6-4-12(14-2)5-7-13/h9-10,12,14,17H,3-8H2,1-2H3. The molecule has 0 amide bonds. The maximum atomic E-state index is 10.6. The summed E-state index contributed by atoms with van der Waals surface area (Å²) in [5, 5.41) is 18.1. The summed E-state index contributed by atoms with van der Waals surface area (Å²) in [4.78, 5) is 0. The van der Waals surface area contributed by atoms with Gasteiger partial charge in [0.1, 0.15) is 0 Å². The summed E-state index contributed by atoms with van der Waals surface area (Å²) >= 11 is 0. The molecule has 0 bridgehead atoms.